The minimum atomic E-state index is 0.133. The number of halogens is 2. The molecule has 4 nitrogen and oxygen atoms in total. The van der Waals surface area contributed by atoms with Crippen LogP contribution in [0.15, 0.2) is 0 Å². The molecule has 0 bridgehead atoms. The second-order valence-corrected chi connectivity index (χ2v) is 5.24. The first-order chi connectivity index (χ1) is 8.15. The Morgan fingerprint density at radius 3 is 2.35 bits per heavy atom. The van der Waals surface area contributed by atoms with E-state index in [-0.39, 0.29) is 10.6 Å². The van der Waals surface area contributed by atoms with E-state index in [9.17, 15) is 0 Å². The Morgan fingerprint density at radius 2 is 1.65 bits per heavy atom. The van der Waals surface area contributed by atoms with Gasteiger partial charge in [0, 0.05) is 6.04 Å². The Bertz CT molecular complexity index is 365. The third-order valence-electron chi connectivity index (χ3n) is 3.26. The van der Waals surface area contributed by atoms with E-state index in [2.05, 4.69) is 27.2 Å². The van der Waals surface area contributed by atoms with E-state index in [4.69, 9.17) is 23.2 Å². The number of hydrogen-bond donors (Lipinski definition) is 1. The lowest BCUT2D eigenvalue weighted by molar-refractivity contribution is 0.454. The van der Waals surface area contributed by atoms with Crippen LogP contribution >= 0.6 is 23.2 Å². The fraction of sp³-hybridized carbons (Fsp3) is 0.727. The molecule has 0 saturated heterocycles. The Hall–Kier alpha value is -0.610. The predicted octanol–water partition coefficient (Wildman–Crippen LogP) is 3.56. The first kappa shape index (κ1) is 12.8. The SMILES string of the molecule is CC1CCCCCC1Nc1nc(Cl)nc(Cl)n1. The van der Waals surface area contributed by atoms with Crippen molar-refractivity contribution in [1.29, 1.82) is 0 Å². The quantitative estimate of drug-likeness (QED) is 0.838. The fourth-order valence-corrected chi connectivity index (χ4v) is 2.63. The average Bonchev–Trinajstić information content (AvgIpc) is 2.43. The molecule has 0 aromatic carbocycles. The molecule has 2 rings (SSSR count). The molecule has 1 saturated carbocycles. The van der Waals surface area contributed by atoms with Crippen molar-refractivity contribution in [1.82, 2.24) is 15.0 Å². The van der Waals surface area contributed by atoms with E-state index in [0.717, 1.165) is 6.42 Å². The summed E-state index contributed by atoms with van der Waals surface area (Å²) >= 11 is 11.5. The number of anilines is 1. The van der Waals surface area contributed by atoms with Crippen LogP contribution in [0.3, 0.4) is 0 Å². The van der Waals surface area contributed by atoms with E-state index in [0.29, 0.717) is 17.9 Å². The summed E-state index contributed by atoms with van der Waals surface area (Å²) in [6.07, 6.45) is 6.24. The fourth-order valence-electron chi connectivity index (χ4n) is 2.26. The van der Waals surface area contributed by atoms with Crippen LogP contribution in [0.25, 0.3) is 0 Å². The molecule has 1 heterocycles. The molecule has 2 unspecified atom stereocenters. The van der Waals surface area contributed by atoms with Crippen molar-refractivity contribution in [2.45, 2.75) is 45.1 Å². The highest BCUT2D eigenvalue weighted by atomic mass is 35.5. The largest absolute Gasteiger partial charge is 0.351 e. The minimum absolute atomic E-state index is 0.133. The molecule has 0 spiro atoms. The van der Waals surface area contributed by atoms with Gasteiger partial charge >= 0.3 is 0 Å². The van der Waals surface area contributed by atoms with Gasteiger partial charge in [-0.15, -0.1) is 0 Å². The van der Waals surface area contributed by atoms with E-state index in [1.165, 1.54) is 25.7 Å². The average molecular weight is 275 g/mol. The van der Waals surface area contributed by atoms with Gasteiger partial charge < -0.3 is 5.32 Å². The molecule has 2 atom stereocenters. The van der Waals surface area contributed by atoms with E-state index >= 15 is 0 Å². The molecule has 94 valence electrons. The lowest BCUT2D eigenvalue weighted by atomic mass is 9.97. The summed E-state index contributed by atoms with van der Waals surface area (Å²) in [6.45, 7) is 2.26. The molecule has 1 aliphatic rings. The topological polar surface area (TPSA) is 50.7 Å². The second kappa shape index (κ2) is 5.83. The summed E-state index contributed by atoms with van der Waals surface area (Å²) in [7, 11) is 0. The van der Waals surface area contributed by atoms with Crippen LogP contribution in [0, 0.1) is 5.92 Å². The van der Waals surface area contributed by atoms with Gasteiger partial charge in [-0.25, -0.2) is 0 Å². The van der Waals surface area contributed by atoms with Crippen molar-refractivity contribution in [3.63, 3.8) is 0 Å². The summed E-state index contributed by atoms with van der Waals surface area (Å²) in [4.78, 5) is 11.8. The lowest BCUT2D eigenvalue weighted by Gasteiger charge is -2.22. The maximum atomic E-state index is 5.75. The van der Waals surface area contributed by atoms with Crippen LogP contribution in [-0.4, -0.2) is 21.0 Å². The predicted molar refractivity (Wildman–Crippen MR) is 69.5 cm³/mol. The maximum absolute atomic E-state index is 5.75. The molecule has 1 N–H and O–H groups in total. The van der Waals surface area contributed by atoms with Gasteiger partial charge in [-0.05, 0) is 42.0 Å². The van der Waals surface area contributed by atoms with Crippen LogP contribution in [0.1, 0.15) is 39.0 Å². The molecule has 1 aromatic heterocycles. The molecular weight excluding hydrogens is 259 g/mol. The summed E-state index contributed by atoms with van der Waals surface area (Å²) in [5.74, 6) is 1.10. The normalized spacial score (nSPS) is 25.4. The second-order valence-electron chi connectivity index (χ2n) is 4.56. The first-order valence-corrected chi connectivity index (χ1v) is 6.74. The number of nitrogens with zero attached hydrogens (tertiary/aromatic N) is 3. The lowest BCUT2D eigenvalue weighted by Crippen LogP contribution is -2.27. The Labute approximate surface area is 111 Å². The standard InChI is InChI=1S/C11H16Cl2N4/c1-7-5-3-2-4-6-8(7)14-11-16-9(12)15-10(13)17-11/h7-8H,2-6H2,1H3,(H,14,15,16,17). The molecular formula is C11H16Cl2N4. The summed E-state index contributed by atoms with van der Waals surface area (Å²) < 4.78 is 0. The first-order valence-electron chi connectivity index (χ1n) is 5.99. The van der Waals surface area contributed by atoms with Crippen LogP contribution in [-0.2, 0) is 0 Å². The summed E-state index contributed by atoms with van der Waals surface area (Å²) in [6, 6.07) is 0.395. The van der Waals surface area contributed by atoms with Crippen molar-refractivity contribution in [3.05, 3.63) is 10.6 Å². The number of nitrogens with one attached hydrogen (secondary N) is 1. The van der Waals surface area contributed by atoms with Crippen molar-refractivity contribution in [3.8, 4) is 0 Å². The van der Waals surface area contributed by atoms with Gasteiger partial charge in [0.25, 0.3) is 0 Å². The van der Waals surface area contributed by atoms with Gasteiger partial charge in [0.1, 0.15) is 0 Å². The molecule has 0 radical (unpaired) electrons. The van der Waals surface area contributed by atoms with Crippen molar-refractivity contribution < 1.29 is 0 Å². The highest BCUT2D eigenvalue weighted by Gasteiger charge is 2.20. The Balaban J connectivity index is 2.07. The van der Waals surface area contributed by atoms with Gasteiger partial charge in [-0.3, -0.25) is 0 Å². The van der Waals surface area contributed by atoms with Crippen molar-refractivity contribution in [2.75, 3.05) is 5.32 Å². The van der Waals surface area contributed by atoms with Crippen molar-refractivity contribution in [2.24, 2.45) is 5.92 Å². The zero-order valence-electron chi connectivity index (χ0n) is 9.79. The van der Waals surface area contributed by atoms with Gasteiger partial charge in [0.15, 0.2) is 0 Å². The zero-order valence-corrected chi connectivity index (χ0v) is 11.3. The number of hydrogen-bond acceptors (Lipinski definition) is 4. The molecule has 1 aromatic rings. The summed E-state index contributed by atoms with van der Waals surface area (Å²) in [5.41, 5.74) is 0. The third-order valence-corrected chi connectivity index (χ3v) is 3.59. The van der Waals surface area contributed by atoms with Crippen molar-refractivity contribution >= 4 is 29.2 Å². The monoisotopic (exact) mass is 274 g/mol. The van der Waals surface area contributed by atoms with Gasteiger partial charge in [-0.1, -0.05) is 26.2 Å². The van der Waals surface area contributed by atoms with E-state index in [1.807, 2.05) is 0 Å². The highest BCUT2D eigenvalue weighted by molar-refractivity contribution is 6.31. The molecule has 1 aliphatic carbocycles. The van der Waals surface area contributed by atoms with Crippen LogP contribution in [0.4, 0.5) is 5.95 Å². The van der Waals surface area contributed by atoms with Gasteiger partial charge in [0.05, 0.1) is 0 Å². The molecule has 0 aliphatic heterocycles. The van der Waals surface area contributed by atoms with Crippen LogP contribution in [0.5, 0.6) is 0 Å². The molecule has 0 amide bonds. The number of aromatic nitrogens is 3. The number of rotatable bonds is 2. The highest BCUT2D eigenvalue weighted by Crippen LogP contribution is 2.25. The molecule has 1 fully saturated rings. The summed E-state index contributed by atoms with van der Waals surface area (Å²) in [5, 5.41) is 3.59. The van der Waals surface area contributed by atoms with Gasteiger partial charge in [0.2, 0.25) is 16.5 Å². The minimum Gasteiger partial charge on any atom is -0.351 e. The van der Waals surface area contributed by atoms with Gasteiger partial charge in [-0.2, -0.15) is 15.0 Å². The Kier molecular flexibility index (Phi) is 4.40. The molecule has 17 heavy (non-hydrogen) atoms. The molecule has 6 heteroatoms. The van der Waals surface area contributed by atoms with Crippen LogP contribution < -0.4 is 5.32 Å². The van der Waals surface area contributed by atoms with E-state index in [1.54, 1.807) is 0 Å². The maximum Gasteiger partial charge on any atom is 0.228 e. The van der Waals surface area contributed by atoms with Crippen LogP contribution in [0.2, 0.25) is 10.6 Å². The van der Waals surface area contributed by atoms with E-state index < -0.39 is 0 Å². The third kappa shape index (κ3) is 3.68. The Morgan fingerprint density at radius 1 is 1.00 bits per heavy atom. The smallest absolute Gasteiger partial charge is 0.228 e. The zero-order chi connectivity index (χ0) is 12.3.